The van der Waals surface area contributed by atoms with E-state index in [-0.39, 0.29) is 24.6 Å². The number of hydrogen-bond acceptors (Lipinski definition) is 4. The van der Waals surface area contributed by atoms with Gasteiger partial charge in [0.15, 0.2) is 5.79 Å². The molecule has 1 aliphatic rings. The maximum atomic E-state index is 11.4. The molecule has 0 aromatic carbocycles. The third kappa shape index (κ3) is 5.23. The van der Waals surface area contributed by atoms with E-state index in [9.17, 15) is 4.79 Å². The van der Waals surface area contributed by atoms with E-state index >= 15 is 0 Å². The highest BCUT2D eigenvalue weighted by molar-refractivity contribution is 6.17. The minimum Gasteiger partial charge on any atom is -0.466 e. The Balaban J connectivity index is 2.51. The van der Waals surface area contributed by atoms with E-state index in [1.165, 1.54) is 0 Å². The van der Waals surface area contributed by atoms with Crippen molar-refractivity contribution in [3.8, 4) is 0 Å². The Kier molecular flexibility index (Phi) is 5.70. The molecule has 1 saturated heterocycles. The van der Waals surface area contributed by atoms with Gasteiger partial charge in [0, 0.05) is 12.3 Å². The summed E-state index contributed by atoms with van der Waals surface area (Å²) in [5.41, 5.74) is 0. The second kappa shape index (κ2) is 6.57. The lowest BCUT2D eigenvalue weighted by atomic mass is 10.0. The molecule has 0 amide bonds. The molecule has 0 bridgehead atoms. The Morgan fingerprint density at radius 1 is 1.41 bits per heavy atom. The summed E-state index contributed by atoms with van der Waals surface area (Å²) in [5.74, 6) is -0.334. The zero-order chi connectivity index (χ0) is 12.9. The fourth-order valence-electron chi connectivity index (χ4n) is 2.05. The Bertz CT molecular complexity index is 255. The summed E-state index contributed by atoms with van der Waals surface area (Å²) in [4.78, 5) is 11.4. The third-order valence-corrected chi connectivity index (χ3v) is 2.78. The summed E-state index contributed by atoms with van der Waals surface area (Å²) < 4.78 is 16.4. The molecule has 0 saturated carbocycles. The first kappa shape index (κ1) is 14.7. The van der Waals surface area contributed by atoms with Gasteiger partial charge in [0.2, 0.25) is 0 Å². The van der Waals surface area contributed by atoms with E-state index in [4.69, 9.17) is 25.8 Å². The second-order valence-electron chi connectivity index (χ2n) is 4.60. The quantitative estimate of drug-likeness (QED) is 0.565. The summed E-state index contributed by atoms with van der Waals surface area (Å²) >= 11 is 5.72. The van der Waals surface area contributed by atoms with Crippen LogP contribution in [0, 0.1) is 0 Å². The number of alkyl halides is 1. The Morgan fingerprint density at radius 2 is 2.06 bits per heavy atom. The Hall–Kier alpha value is -0.320. The van der Waals surface area contributed by atoms with Crippen molar-refractivity contribution in [1.82, 2.24) is 0 Å². The number of esters is 1. The number of ether oxygens (including phenoxy) is 3. The van der Waals surface area contributed by atoms with Crippen LogP contribution in [0.4, 0.5) is 0 Å². The topological polar surface area (TPSA) is 44.8 Å². The first-order valence-corrected chi connectivity index (χ1v) is 6.57. The fourth-order valence-corrected chi connectivity index (χ4v) is 2.29. The average molecular weight is 265 g/mol. The van der Waals surface area contributed by atoms with Crippen LogP contribution in [0.2, 0.25) is 0 Å². The van der Waals surface area contributed by atoms with Gasteiger partial charge in [-0.15, -0.1) is 11.6 Å². The monoisotopic (exact) mass is 264 g/mol. The molecule has 0 N–H and O–H groups in total. The zero-order valence-electron chi connectivity index (χ0n) is 10.7. The molecule has 0 aliphatic carbocycles. The van der Waals surface area contributed by atoms with Gasteiger partial charge in [0.1, 0.15) is 0 Å². The molecule has 1 rings (SSSR count). The van der Waals surface area contributed by atoms with Crippen molar-refractivity contribution in [3.05, 3.63) is 0 Å². The molecule has 0 unspecified atom stereocenters. The summed E-state index contributed by atoms with van der Waals surface area (Å²) in [6.07, 6.45) is 1.64. The van der Waals surface area contributed by atoms with Gasteiger partial charge in [-0.05, 0) is 27.2 Å². The van der Waals surface area contributed by atoms with E-state index in [1.54, 1.807) is 6.92 Å². The average Bonchev–Trinajstić information content (AvgIpc) is 2.15. The molecule has 1 heterocycles. The molecule has 4 nitrogen and oxygen atoms in total. The molecular weight excluding hydrogens is 244 g/mol. The summed E-state index contributed by atoms with van der Waals surface area (Å²) in [6.45, 7) is 5.90. The smallest absolute Gasteiger partial charge is 0.308 e. The lowest BCUT2D eigenvalue weighted by molar-refractivity contribution is -0.299. The highest BCUT2D eigenvalue weighted by atomic mass is 35.5. The highest BCUT2D eigenvalue weighted by Crippen LogP contribution is 2.30. The van der Waals surface area contributed by atoms with Crippen LogP contribution in [0.15, 0.2) is 0 Å². The van der Waals surface area contributed by atoms with Crippen LogP contribution in [-0.4, -0.2) is 36.5 Å². The van der Waals surface area contributed by atoms with Gasteiger partial charge < -0.3 is 14.2 Å². The molecule has 17 heavy (non-hydrogen) atoms. The van der Waals surface area contributed by atoms with Crippen LogP contribution in [-0.2, 0) is 19.0 Å². The molecule has 0 spiro atoms. The van der Waals surface area contributed by atoms with Gasteiger partial charge in [-0.3, -0.25) is 4.79 Å². The largest absolute Gasteiger partial charge is 0.466 e. The van der Waals surface area contributed by atoms with E-state index in [2.05, 4.69) is 0 Å². The normalized spacial score (nSPS) is 27.8. The third-order valence-electron chi connectivity index (χ3n) is 2.56. The first-order chi connectivity index (χ1) is 7.96. The number of hydrogen-bond donors (Lipinski definition) is 0. The van der Waals surface area contributed by atoms with Gasteiger partial charge in [-0.2, -0.15) is 0 Å². The van der Waals surface area contributed by atoms with Crippen molar-refractivity contribution in [2.45, 2.75) is 58.0 Å². The second-order valence-corrected chi connectivity index (χ2v) is 4.98. The summed E-state index contributed by atoms with van der Waals surface area (Å²) in [5, 5.41) is 0. The Labute approximate surface area is 108 Å². The maximum Gasteiger partial charge on any atom is 0.308 e. The van der Waals surface area contributed by atoms with Gasteiger partial charge >= 0.3 is 5.97 Å². The fraction of sp³-hybridized carbons (Fsp3) is 0.917. The number of carbonyl (C=O) groups is 1. The van der Waals surface area contributed by atoms with Crippen LogP contribution in [0.3, 0.4) is 0 Å². The predicted molar refractivity (Wildman–Crippen MR) is 65.0 cm³/mol. The van der Waals surface area contributed by atoms with E-state index in [0.29, 0.717) is 18.9 Å². The van der Waals surface area contributed by atoms with E-state index < -0.39 is 5.79 Å². The van der Waals surface area contributed by atoms with Crippen LogP contribution in [0.1, 0.15) is 40.0 Å². The standard InChI is InChI=1S/C12H21ClO4/c1-4-15-11(14)8-10-7-9(5-6-13)16-12(2,3)17-10/h9-10H,4-8H2,1-3H3/t9-,10-/m0/s1. The molecule has 100 valence electrons. The first-order valence-electron chi connectivity index (χ1n) is 6.04. The van der Waals surface area contributed by atoms with E-state index in [0.717, 1.165) is 6.42 Å². The zero-order valence-corrected chi connectivity index (χ0v) is 11.5. The summed E-state index contributed by atoms with van der Waals surface area (Å²) in [6, 6.07) is 0. The lowest BCUT2D eigenvalue weighted by Crippen LogP contribution is -2.45. The SMILES string of the molecule is CCOC(=O)C[C@@H]1C[C@H](CCCl)OC(C)(C)O1. The molecular formula is C12H21ClO4. The van der Waals surface area contributed by atoms with Gasteiger partial charge in [-0.25, -0.2) is 0 Å². The van der Waals surface area contributed by atoms with Crippen molar-refractivity contribution >= 4 is 17.6 Å². The maximum absolute atomic E-state index is 11.4. The van der Waals surface area contributed by atoms with Gasteiger partial charge in [-0.1, -0.05) is 0 Å². The molecule has 1 aliphatic heterocycles. The number of halogens is 1. The van der Waals surface area contributed by atoms with Gasteiger partial charge in [0.25, 0.3) is 0 Å². The van der Waals surface area contributed by atoms with Crippen molar-refractivity contribution in [1.29, 1.82) is 0 Å². The van der Waals surface area contributed by atoms with Crippen molar-refractivity contribution < 1.29 is 19.0 Å². The van der Waals surface area contributed by atoms with Crippen LogP contribution < -0.4 is 0 Å². The predicted octanol–water partition coefficient (Wildman–Crippen LogP) is 2.48. The van der Waals surface area contributed by atoms with Crippen molar-refractivity contribution in [3.63, 3.8) is 0 Å². The van der Waals surface area contributed by atoms with Gasteiger partial charge in [0.05, 0.1) is 25.2 Å². The van der Waals surface area contributed by atoms with Crippen molar-refractivity contribution in [2.24, 2.45) is 0 Å². The van der Waals surface area contributed by atoms with Crippen LogP contribution in [0.25, 0.3) is 0 Å². The molecule has 0 aromatic heterocycles. The number of rotatable bonds is 5. The summed E-state index contributed by atoms with van der Waals surface area (Å²) in [7, 11) is 0. The molecule has 1 fully saturated rings. The Morgan fingerprint density at radius 3 is 2.65 bits per heavy atom. The molecule has 5 heteroatoms. The molecule has 0 aromatic rings. The van der Waals surface area contributed by atoms with Crippen LogP contribution in [0.5, 0.6) is 0 Å². The molecule has 2 atom stereocenters. The van der Waals surface area contributed by atoms with E-state index in [1.807, 2.05) is 13.8 Å². The lowest BCUT2D eigenvalue weighted by Gasteiger charge is -2.40. The molecule has 0 radical (unpaired) electrons. The highest BCUT2D eigenvalue weighted by Gasteiger charge is 2.36. The number of carbonyl (C=O) groups excluding carboxylic acids is 1. The minimum atomic E-state index is -0.661. The van der Waals surface area contributed by atoms with Crippen molar-refractivity contribution in [2.75, 3.05) is 12.5 Å². The van der Waals surface area contributed by atoms with Crippen LogP contribution >= 0.6 is 11.6 Å². The minimum absolute atomic E-state index is 0.0516.